The molecule has 0 aromatic carbocycles. The molecule has 0 unspecified atom stereocenters. The van der Waals surface area contributed by atoms with Crippen LogP contribution in [0, 0.1) is 11.8 Å². The van der Waals surface area contributed by atoms with Crippen LogP contribution >= 0.6 is 0 Å². The van der Waals surface area contributed by atoms with E-state index in [0.29, 0.717) is 23.6 Å². The lowest BCUT2D eigenvalue weighted by Gasteiger charge is -2.42. The van der Waals surface area contributed by atoms with Gasteiger partial charge in [-0.15, -0.1) is 0 Å². The molecule has 0 aliphatic carbocycles. The zero-order valence-corrected chi connectivity index (χ0v) is 14.9. The largest absolute Gasteiger partial charge is 0.383 e. The van der Waals surface area contributed by atoms with Gasteiger partial charge in [-0.05, 0) is 30.9 Å². The number of nitrogens with one attached hydrogen (secondary N) is 2. The van der Waals surface area contributed by atoms with E-state index in [4.69, 9.17) is 0 Å². The van der Waals surface area contributed by atoms with Crippen LogP contribution in [0.4, 0.5) is 0 Å². The van der Waals surface area contributed by atoms with Gasteiger partial charge in [-0.1, -0.05) is 20.8 Å². The molecule has 0 spiro atoms. The summed E-state index contributed by atoms with van der Waals surface area (Å²) in [6.45, 7) is 7.25. The molecule has 1 saturated heterocycles. The van der Waals surface area contributed by atoms with Crippen LogP contribution in [0.25, 0.3) is 11.2 Å². The van der Waals surface area contributed by atoms with Crippen LogP contribution in [0.5, 0.6) is 0 Å². The maximum absolute atomic E-state index is 12.6. The molecule has 25 heavy (non-hydrogen) atoms. The number of rotatable bonds is 4. The van der Waals surface area contributed by atoms with Crippen LogP contribution in [0.2, 0.25) is 0 Å². The summed E-state index contributed by atoms with van der Waals surface area (Å²) in [6, 6.07) is 1.89. The summed E-state index contributed by atoms with van der Waals surface area (Å²) >= 11 is 0. The van der Waals surface area contributed by atoms with E-state index in [0.717, 1.165) is 18.5 Å². The molecule has 0 bridgehead atoms. The summed E-state index contributed by atoms with van der Waals surface area (Å²) in [5, 5.41) is 16.7. The highest BCUT2D eigenvalue weighted by Crippen LogP contribution is 2.34. The Balaban J connectivity index is 2.07. The van der Waals surface area contributed by atoms with Crippen molar-refractivity contribution in [2.45, 2.75) is 38.8 Å². The molecular weight excluding hydrogens is 318 g/mol. The number of carbonyl (C=O) groups is 1. The molecule has 0 radical (unpaired) electrons. The topological polar surface area (TPSA) is 100 Å². The predicted octanol–water partition coefficient (Wildman–Crippen LogP) is 0.983. The van der Waals surface area contributed by atoms with Crippen LogP contribution in [0.15, 0.2) is 24.7 Å². The van der Waals surface area contributed by atoms with E-state index in [9.17, 15) is 9.90 Å². The van der Waals surface area contributed by atoms with E-state index >= 15 is 0 Å². The number of aliphatic hydroxyl groups is 1. The average molecular weight is 343 g/mol. The van der Waals surface area contributed by atoms with Crippen LogP contribution < -0.4 is 10.6 Å². The van der Waals surface area contributed by atoms with Crippen molar-refractivity contribution in [2.75, 3.05) is 13.1 Å². The first-order valence-electron chi connectivity index (χ1n) is 8.70. The molecule has 7 nitrogen and oxygen atoms in total. The number of piperidine rings is 1. The Morgan fingerprint density at radius 1 is 1.32 bits per heavy atom. The van der Waals surface area contributed by atoms with Crippen LogP contribution in [0.1, 0.15) is 32.8 Å². The number of aliphatic hydroxyl groups excluding tert-OH is 1. The minimum Gasteiger partial charge on any atom is -0.383 e. The van der Waals surface area contributed by atoms with Crippen molar-refractivity contribution in [3.05, 3.63) is 30.2 Å². The molecule has 3 heterocycles. The first-order valence-corrected chi connectivity index (χ1v) is 8.70. The predicted molar refractivity (Wildman–Crippen MR) is 94.6 cm³/mol. The van der Waals surface area contributed by atoms with Crippen molar-refractivity contribution in [1.82, 2.24) is 25.6 Å². The van der Waals surface area contributed by atoms with Crippen LogP contribution in [-0.2, 0) is 10.3 Å². The van der Waals surface area contributed by atoms with Crippen LogP contribution in [0.3, 0.4) is 0 Å². The smallest absolute Gasteiger partial charge is 0.249 e. The number of pyridine rings is 1. The van der Waals surface area contributed by atoms with Gasteiger partial charge in [-0.3, -0.25) is 9.78 Å². The molecule has 7 heteroatoms. The number of nitrogens with zero attached hydrogens (tertiary/aromatic N) is 3. The normalized spacial score (nSPS) is 25.1. The Morgan fingerprint density at radius 3 is 2.76 bits per heavy atom. The highest BCUT2D eigenvalue weighted by molar-refractivity contribution is 5.83. The Hall–Kier alpha value is -2.12. The minimum absolute atomic E-state index is 0.153. The van der Waals surface area contributed by atoms with Crippen molar-refractivity contribution in [1.29, 1.82) is 0 Å². The first-order chi connectivity index (χ1) is 11.9. The summed E-state index contributed by atoms with van der Waals surface area (Å²) in [5.74, 6) is -0.148. The van der Waals surface area contributed by atoms with E-state index in [1.54, 1.807) is 18.6 Å². The van der Waals surface area contributed by atoms with Gasteiger partial charge >= 0.3 is 0 Å². The number of carbonyl (C=O) groups excluding carboxylic acids is 1. The fourth-order valence-electron chi connectivity index (χ4n) is 3.51. The molecule has 0 saturated carbocycles. The van der Waals surface area contributed by atoms with E-state index < -0.39 is 11.6 Å². The molecule has 3 atom stereocenters. The molecule has 2 aromatic heterocycles. The number of fused-ring (bicyclic) bond motifs is 1. The van der Waals surface area contributed by atoms with Crippen molar-refractivity contribution >= 4 is 17.1 Å². The third kappa shape index (κ3) is 3.48. The highest BCUT2D eigenvalue weighted by Gasteiger charge is 2.41. The van der Waals surface area contributed by atoms with Gasteiger partial charge in [0, 0.05) is 30.7 Å². The number of amides is 1. The lowest BCUT2D eigenvalue weighted by molar-refractivity contribution is -0.134. The quantitative estimate of drug-likeness (QED) is 0.765. The molecule has 1 fully saturated rings. The van der Waals surface area contributed by atoms with Gasteiger partial charge in [0.25, 0.3) is 0 Å². The van der Waals surface area contributed by atoms with Gasteiger partial charge in [-0.25, -0.2) is 9.97 Å². The molecule has 134 valence electrons. The SMILES string of the molecule is CC(C)[C@@H](O)C(=O)N[C@]1(c2ccnc3nccnc23)CNC[C@@H](C)C1. The second-order valence-electron chi connectivity index (χ2n) is 7.29. The van der Waals surface area contributed by atoms with Gasteiger partial charge in [0.05, 0.1) is 5.54 Å². The third-order valence-corrected chi connectivity index (χ3v) is 4.77. The van der Waals surface area contributed by atoms with E-state index in [2.05, 4.69) is 32.5 Å². The van der Waals surface area contributed by atoms with Crippen molar-refractivity contribution in [3.63, 3.8) is 0 Å². The zero-order chi connectivity index (χ0) is 18.0. The maximum atomic E-state index is 12.6. The fourth-order valence-corrected chi connectivity index (χ4v) is 3.51. The Bertz CT molecular complexity index is 761. The lowest BCUT2D eigenvalue weighted by atomic mass is 9.78. The monoisotopic (exact) mass is 343 g/mol. The van der Waals surface area contributed by atoms with Crippen molar-refractivity contribution in [3.8, 4) is 0 Å². The van der Waals surface area contributed by atoms with Gasteiger partial charge in [0.15, 0.2) is 5.65 Å². The summed E-state index contributed by atoms with van der Waals surface area (Å²) in [7, 11) is 0. The molecule has 3 N–H and O–H groups in total. The second kappa shape index (κ2) is 7.01. The van der Waals surface area contributed by atoms with Gasteiger partial charge < -0.3 is 15.7 Å². The first kappa shape index (κ1) is 17.7. The van der Waals surface area contributed by atoms with Crippen LogP contribution in [-0.4, -0.2) is 45.2 Å². The minimum atomic E-state index is -1.05. The zero-order valence-electron chi connectivity index (χ0n) is 14.9. The highest BCUT2D eigenvalue weighted by atomic mass is 16.3. The third-order valence-electron chi connectivity index (χ3n) is 4.77. The molecule has 1 aliphatic heterocycles. The number of hydrogen-bond acceptors (Lipinski definition) is 6. The summed E-state index contributed by atoms with van der Waals surface area (Å²) in [4.78, 5) is 25.6. The molecule has 3 rings (SSSR count). The Labute approximate surface area is 147 Å². The van der Waals surface area contributed by atoms with Gasteiger partial charge in [-0.2, -0.15) is 0 Å². The van der Waals surface area contributed by atoms with E-state index in [-0.39, 0.29) is 11.8 Å². The summed E-state index contributed by atoms with van der Waals surface area (Å²) in [5.41, 5.74) is 1.47. The lowest BCUT2D eigenvalue weighted by Crippen LogP contribution is -2.59. The molecular formula is C18H25N5O2. The van der Waals surface area contributed by atoms with E-state index in [1.807, 2.05) is 19.9 Å². The van der Waals surface area contributed by atoms with E-state index in [1.165, 1.54) is 0 Å². The van der Waals surface area contributed by atoms with Gasteiger partial charge in [0.2, 0.25) is 5.91 Å². The van der Waals surface area contributed by atoms with Crippen molar-refractivity contribution in [2.24, 2.45) is 11.8 Å². The standard InChI is InChI=1S/C18H25N5O2/c1-11(2)15(24)17(25)23-18(8-12(3)9-19-10-18)13-4-5-21-16-14(13)20-6-7-22-16/h4-7,11-12,15,19,24H,8-10H2,1-3H3,(H,23,25)/t12-,15+,18-/m0/s1. The number of hydrogen-bond donors (Lipinski definition) is 3. The molecule has 2 aromatic rings. The molecule has 1 amide bonds. The Morgan fingerprint density at radius 2 is 2.04 bits per heavy atom. The average Bonchev–Trinajstić information content (AvgIpc) is 2.60. The molecule has 1 aliphatic rings. The summed E-state index contributed by atoms with van der Waals surface area (Å²) in [6.07, 6.45) is 4.64. The second-order valence-corrected chi connectivity index (χ2v) is 7.29. The summed E-state index contributed by atoms with van der Waals surface area (Å²) < 4.78 is 0. The Kier molecular flexibility index (Phi) is 4.96. The fraction of sp³-hybridized carbons (Fsp3) is 0.556. The van der Waals surface area contributed by atoms with Crippen molar-refractivity contribution < 1.29 is 9.90 Å². The number of aromatic nitrogens is 3. The maximum Gasteiger partial charge on any atom is 0.249 e. The van der Waals surface area contributed by atoms with Gasteiger partial charge in [0.1, 0.15) is 11.6 Å².